The molecule has 0 aliphatic carbocycles. The van der Waals surface area contributed by atoms with Crippen molar-refractivity contribution in [3.05, 3.63) is 65.7 Å². The topological polar surface area (TPSA) is 48.5 Å². The Bertz CT molecular complexity index is 1090. The average molecular weight is 385 g/mol. The van der Waals surface area contributed by atoms with Crippen LogP contribution in [0.1, 0.15) is 23.8 Å². The van der Waals surface area contributed by atoms with Gasteiger partial charge in [0.1, 0.15) is 11.6 Å². The van der Waals surface area contributed by atoms with E-state index in [1.807, 2.05) is 42.7 Å². The maximum absolute atomic E-state index is 13.6. The highest BCUT2D eigenvalue weighted by atomic mass is 32.2. The van der Waals surface area contributed by atoms with Crippen molar-refractivity contribution in [3.8, 4) is 5.69 Å². The van der Waals surface area contributed by atoms with Crippen molar-refractivity contribution in [2.75, 3.05) is 0 Å². The van der Waals surface area contributed by atoms with Crippen LogP contribution >= 0.6 is 11.8 Å². The highest BCUT2D eigenvalue weighted by molar-refractivity contribution is 7.98. The van der Waals surface area contributed by atoms with Crippen molar-refractivity contribution >= 4 is 22.8 Å². The molecule has 0 saturated carbocycles. The van der Waals surface area contributed by atoms with E-state index >= 15 is 0 Å². The van der Waals surface area contributed by atoms with E-state index in [1.165, 1.54) is 11.8 Å². The standard InChI is InChI=1S/C19H17F2N5S/c1-12-7-9-14(10-8-12)25-13(2)23-24-19(25)27-11-17-22-15-5-3-4-6-16(15)26(17)18(20)21/h3-10,18H,11H2,1-2H3. The first-order chi connectivity index (χ1) is 13.0. The van der Waals surface area contributed by atoms with Crippen molar-refractivity contribution in [2.24, 2.45) is 0 Å². The molecule has 5 nitrogen and oxygen atoms in total. The molecule has 0 aliphatic rings. The minimum absolute atomic E-state index is 0.267. The van der Waals surface area contributed by atoms with Gasteiger partial charge in [0.05, 0.1) is 16.8 Å². The van der Waals surface area contributed by atoms with Crippen molar-refractivity contribution in [2.45, 2.75) is 31.3 Å². The highest BCUT2D eigenvalue weighted by Crippen LogP contribution is 2.29. The van der Waals surface area contributed by atoms with Crippen LogP contribution in [0.15, 0.2) is 53.7 Å². The summed E-state index contributed by atoms with van der Waals surface area (Å²) in [6.45, 7) is 1.24. The van der Waals surface area contributed by atoms with E-state index < -0.39 is 6.55 Å². The quantitative estimate of drug-likeness (QED) is 0.458. The smallest absolute Gasteiger partial charge is 0.274 e. The number of fused-ring (bicyclic) bond motifs is 1. The number of benzene rings is 2. The molecule has 2 aromatic heterocycles. The number of imidazole rings is 1. The summed E-state index contributed by atoms with van der Waals surface area (Å²) in [4.78, 5) is 4.37. The van der Waals surface area contributed by atoms with Gasteiger partial charge in [-0.15, -0.1) is 10.2 Å². The molecule has 0 amide bonds. The summed E-state index contributed by atoms with van der Waals surface area (Å²) in [6.07, 6.45) is 0. The van der Waals surface area contributed by atoms with Gasteiger partial charge < -0.3 is 0 Å². The third-order valence-electron chi connectivity index (χ3n) is 4.28. The van der Waals surface area contributed by atoms with Gasteiger partial charge in [0.25, 0.3) is 0 Å². The molecule has 0 bridgehead atoms. The Kier molecular flexibility index (Phi) is 4.65. The zero-order valence-electron chi connectivity index (χ0n) is 14.8. The second-order valence-corrected chi connectivity index (χ2v) is 7.10. The third kappa shape index (κ3) is 3.32. The molecule has 4 rings (SSSR count). The highest BCUT2D eigenvalue weighted by Gasteiger charge is 2.19. The average Bonchev–Trinajstić information content (AvgIpc) is 3.21. The number of rotatable bonds is 5. The number of aromatic nitrogens is 5. The van der Waals surface area contributed by atoms with E-state index in [4.69, 9.17) is 0 Å². The number of aryl methyl sites for hydroxylation is 2. The van der Waals surface area contributed by atoms with E-state index in [9.17, 15) is 8.78 Å². The van der Waals surface area contributed by atoms with Gasteiger partial charge in [0.15, 0.2) is 5.16 Å². The Balaban J connectivity index is 1.66. The molecule has 0 unspecified atom stereocenters. The summed E-state index contributed by atoms with van der Waals surface area (Å²) in [5.41, 5.74) is 3.08. The molecular weight excluding hydrogens is 368 g/mol. The molecule has 0 saturated heterocycles. The Labute approximate surface area is 159 Å². The van der Waals surface area contributed by atoms with E-state index in [-0.39, 0.29) is 5.75 Å². The number of thioether (sulfide) groups is 1. The summed E-state index contributed by atoms with van der Waals surface area (Å²) in [5.74, 6) is 1.32. The number of para-hydroxylation sites is 2. The van der Waals surface area contributed by atoms with Gasteiger partial charge in [-0.1, -0.05) is 41.6 Å². The fourth-order valence-electron chi connectivity index (χ4n) is 2.97. The minimum Gasteiger partial charge on any atom is -0.274 e. The van der Waals surface area contributed by atoms with Crippen LogP contribution in [-0.2, 0) is 5.75 Å². The van der Waals surface area contributed by atoms with Gasteiger partial charge in [-0.3, -0.25) is 9.13 Å². The molecule has 0 fully saturated rings. The third-order valence-corrected chi connectivity index (χ3v) is 5.21. The maximum Gasteiger partial charge on any atom is 0.320 e. The molecule has 2 aromatic carbocycles. The molecule has 27 heavy (non-hydrogen) atoms. The number of nitrogens with zero attached hydrogens (tertiary/aromatic N) is 5. The van der Waals surface area contributed by atoms with E-state index in [0.717, 1.165) is 21.6 Å². The lowest BCUT2D eigenvalue weighted by atomic mass is 10.2. The van der Waals surface area contributed by atoms with Gasteiger partial charge >= 0.3 is 6.55 Å². The Morgan fingerprint density at radius 3 is 2.48 bits per heavy atom. The van der Waals surface area contributed by atoms with Crippen LogP contribution < -0.4 is 0 Å². The number of hydrogen-bond donors (Lipinski definition) is 0. The van der Waals surface area contributed by atoms with Crippen LogP contribution in [-0.4, -0.2) is 24.3 Å². The zero-order chi connectivity index (χ0) is 19.0. The normalized spacial score (nSPS) is 11.6. The lowest BCUT2D eigenvalue weighted by molar-refractivity contribution is 0.0722. The second kappa shape index (κ2) is 7.11. The van der Waals surface area contributed by atoms with Crippen LogP contribution in [0, 0.1) is 13.8 Å². The zero-order valence-corrected chi connectivity index (χ0v) is 15.6. The lowest BCUT2D eigenvalue weighted by Crippen LogP contribution is -2.04. The molecule has 0 spiro atoms. The Morgan fingerprint density at radius 1 is 1.00 bits per heavy atom. The van der Waals surface area contributed by atoms with Crippen LogP contribution in [0.4, 0.5) is 8.78 Å². The predicted molar refractivity (Wildman–Crippen MR) is 101 cm³/mol. The monoisotopic (exact) mass is 385 g/mol. The molecule has 2 heterocycles. The van der Waals surface area contributed by atoms with Crippen LogP contribution in [0.3, 0.4) is 0 Å². The Morgan fingerprint density at radius 2 is 1.74 bits per heavy atom. The SMILES string of the molecule is Cc1ccc(-n2c(C)nnc2SCc2nc3ccccc3n2C(F)F)cc1. The number of hydrogen-bond acceptors (Lipinski definition) is 4. The van der Waals surface area contributed by atoms with Crippen molar-refractivity contribution in [3.63, 3.8) is 0 Å². The first-order valence-corrected chi connectivity index (χ1v) is 9.39. The summed E-state index contributed by atoms with van der Waals surface area (Å²) < 4.78 is 30.1. The van der Waals surface area contributed by atoms with Gasteiger partial charge in [-0.05, 0) is 38.1 Å². The molecular formula is C19H17F2N5S. The summed E-state index contributed by atoms with van der Waals surface area (Å²) in [7, 11) is 0. The first-order valence-electron chi connectivity index (χ1n) is 8.40. The second-order valence-electron chi connectivity index (χ2n) is 6.15. The molecule has 0 N–H and O–H groups in total. The fraction of sp³-hybridized carbons (Fsp3) is 0.211. The van der Waals surface area contributed by atoms with E-state index in [2.05, 4.69) is 15.2 Å². The molecule has 138 valence electrons. The molecule has 4 aromatic rings. The molecule has 0 radical (unpaired) electrons. The lowest BCUT2D eigenvalue weighted by Gasteiger charge is -2.10. The van der Waals surface area contributed by atoms with Crippen LogP contribution in [0.5, 0.6) is 0 Å². The largest absolute Gasteiger partial charge is 0.320 e. The fourth-order valence-corrected chi connectivity index (χ4v) is 3.90. The van der Waals surface area contributed by atoms with Crippen LogP contribution in [0.25, 0.3) is 16.7 Å². The van der Waals surface area contributed by atoms with Gasteiger partial charge in [0.2, 0.25) is 0 Å². The summed E-state index contributed by atoms with van der Waals surface area (Å²) in [6, 6.07) is 14.9. The molecule has 8 heteroatoms. The summed E-state index contributed by atoms with van der Waals surface area (Å²) in [5, 5.41) is 9.00. The van der Waals surface area contributed by atoms with E-state index in [1.54, 1.807) is 24.3 Å². The Hall–Kier alpha value is -2.74. The maximum atomic E-state index is 13.6. The minimum atomic E-state index is -2.65. The first kappa shape index (κ1) is 17.7. The molecule has 0 aliphatic heterocycles. The predicted octanol–water partition coefficient (Wildman–Crippen LogP) is 4.92. The number of halogens is 2. The van der Waals surface area contributed by atoms with Crippen molar-refractivity contribution in [1.82, 2.24) is 24.3 Å². The molecule has 0 atom stereocenters. The van der Waals surface area contributed by atoms with Crippen molar-refractivity contribution < 1.29 is 8.78 Å². The summed E-state index contributed by atoms with van der Waals surface area (Å²) >= 11 is 1.34. The van der Waals surface area contributed by atoms with Crippen molar-refractivity contribution in [1.29, 1.82) is 0 Å². The van der Waals surface area contributed by atoms with Gasteiger partial charge in [0, 0.05) is 5.69 Å². The van der Waals surface area contributed by atoms with E-state index in [0.29, 0.717) is 22.0 Å². The van der Waals surface area contributed by atoms with Gasteiger partial charge in [-0.2, -0.15) is 8.78 Å². The van der Waals surface area contributed by atoms with Crippen LogP contribution in [0.2, 0.25) is 0 Å². The number of alkyl halides is 2. The van der Waals surface area contributed by atoms with Gasteiger partial charge in [-0.25, -0.2) is 4.98 Å².